The first-order valence-electron chi connectivity index (χ1n) is 4.71. The molecule has 1 aromatic heterocycles. The highest BCUT2D eigenvalue weighted by Crippen LogP contribution is 2.26. The van der Waals surface area contributed by atoms with Gasteiger partial charge in [0.1, 0.15) is 6.10 Å². The molecule has 1 heterocycles. The maximum Gasteiger partial charge on any atom is 0.110 e. The number of nitrogens with zero attached hydrogens (tertiary/aromatic N) is 1. The number of aryl methyl sites for hydroxylation is 1. The Morgan fingerprint density at radius 1 is 1.62 bits per heavy atom. The average Bonchev–Trinajstić information content (AvgIpc) is 2.62. The lowest BCUT2D eigenvalue weighted by Gasteiger charge is -2.07. The standard InChI is InChI=1S/C9H15N3O/c1-10-5-8(13)9-6-3-2-4-7(6)11-12-9/h8,10,13H,2-5H2,1H3,(H,11,12). The normalized spacial score (nSPS) is 17.4. The van der Waals surface area contributed by atoms with Crippen LogP contribution in [0.2, 0.25) is 0 Å². The molecule has 3 N–H and O–H groups in total. The van der Waals surface area contributed by atoms with Gasteiger partial charge >= 0.3 is 0 Å². The molecule has 1 unspecified atom stereocenters. The lowest BCUT2D eigenvalue weighted by molar-refractivity contribution is 0.172. The molecule has 1 aliphatic rings. The van der Waals surface area contributed by atoms with E-state index < -0.39 is 6.10 Å². The Kier molecular flexibility index (Phi) is 2.33. The zero-order valence-electron chi connectivity index (χ0n) is 7.80. The Bertz CT molecular complexity index is 295. The number of aromatic nitrogens is 2. The van der Waals surface area contributed by atoms with Crippen LogP contribution in [0.5, 0.6) is 0 Å². The van der Waals surface area contributed by atoms with Gasteiger partial charge in [-0.25, -0.2) is 0 Å². The van der Waals surface area contributed by atoms with Crippen LogP contribution >= 0.6 is 0 Å². The van der Waals surface area contributed by atoms with Gasteiger partial charge in [0, 0.05) is 12.2 Å². The molecule has 2 rings (SSSR count). The van der Waals surface area contributed by atoms with Crippen LogP contribution in [0.3, 0.4) is 0 Å². The van der Waals surface area contributed by atoms with Crippen molar-refractivity contribution in [2.24, 2.45) is 0 Å². The summed E-state index contributed by atoms with van der Waals surface area (Å²) >= 11 is 0. The molecule has 1 aromatic rings. The number of hydrogen-bond acceptors (Lipinski definition) is 3. The van der Waals surface area contributed by atoms with Crippen molar-refractivity contribution in [1.82, 2.24) is 15.5 Å². The zero-order valence-corrected chi connectivity index (χ0v) is 7.80. The van der Waals surface area contributed by atoms with Crippen LogP contribution in [0.1, 0.15) is 29.5 Å². The van der Waals surface area contributed by atoms with Crippen molar-refractivity contribution >= 4 is 0 Å². The second-order valence-corrected chi connectivity index (χ2v) is 3.49. The predicted molar refractivity (Wildman–Crippen MR) is 49.5 cm³/mol. The molecule has 0 saturated heterocycles. The average molecular weight is 181 g/mol. The van der Waals surface area contributed by atoms with E-state index in [4.69, 9.17) is 0 Å². The maximum atomic E-state index is 9.73. The molecule has 0 saturated carbocycles. The number of H-pyrrole nitrogens is 1. The van der Waals surface area contributed by atoms with E-state index in [1.807, 2.05) is 7.05 Å². The third-order valence-electron chi connectivity index (χ3n) is 2.55. The van der Waals surface area contributed by atoms with E-state index in [1.54, 1.807) is 0 Å². The summed E-state index contributed by atoms with van der Waals surface area (Å²) in [6.45, 7) is 0.567. The molecule has 72 valence electrons. The lowest BCUT2D eigenvalue weighted by atomic mass is 10.1. The van der Waals surface area contributed by atoms with Gasteiger partial charge in [-0.3, -0.25) is 5.10 Å². The minimum Gasteiger partial charge on any atom is -0.385 e. The van der Waals surface area contributed by atoms with E-state index in [9.17, 15) is 5.11 Å². The Morgan fingerprint density at radius 2 is 2.46 bits per heavy atom. The highest BCUT2D eigenvalue weighted by molar-refractivity contribution is 5.30. The van der Waals surface area contributed by atoms with Crippen LogP contribution in [0.15, 0.2) is 0 Å². The number of nitrogens with one attached hydrogen (secondary N) is 2. The second kappa shape index (κ2) is 3.47. The Labute approximate surface area is 77.4 Å². The molecule has 0 fully saturated rings. The fourth-order valence-corrected chi connectivity index (χ4v) is 1.91. The summed E-state index contributed by atoms with van der Waals surface area (Å²) in [5, 5.41) is 19.8. The van der Waals surface area contributed by atoms with Crippen molar-refractivity contribution in [2.75, 3.05) is 13.6 Å². The number of rotatable bonds is 3. The molecule has 4 heteroatoms. The molecular weight excluding hydrogens is 166 g/mol. The van der Waals surface area contributed by atoms with Crippen LogP contribution in [-0.2, 0) is 12.8 Å². The van der Waals surface area contributed by atoms with Gasteiger partial charge in [-0.15, -0.1) is 0 Å². The van der Waals surface area contributed by atoms with E-state index in [1.165, 1.54) is 17.7 Å². The first kappa shape index (κ1) is 8.72. The van der Waals surface area contributed by atoms with Gasteiger partial charge in [0.2, 0.25) is 0 Å². The molecule has 0 amide bonds. The molecule has 0 aliphatic heterocycles. The van der Waals surface area contributed by atoms with Gasteiger partial charge in [-0.2, -0.15) is 5.10 Å². The highest BCUT2D eigenvalue weighted by Gasteiger charge is 2.22. The van der Waals surface area contributed by atoms with Crippen LogP contribution in [0.4, 0.5) is 0 Å². The third kappa shape index (κ3) is 1.47. The van der Waals surface area contributed by atoms with E-state index in [-0.39, 0.29) is 0 Å². The Morgan fingerprint density at radius 3 is 3.23 bits per heavy atom. The van der Waals surface area contributed by atoms with Crippen molar-refractivity contribution < 1.29 is 5.11 Å². The van der Waals surface area contributed by atoms with Crippen LogP contribution in [0, 0.1) is 0 Å². The monoisotopic (exact) mass is 181 g/mol. The lowest BCUT2D eigenvalue weighted by Crippen LogP contribution is -2.17. The van der Waals surface area contributed by atoms with Crippen molar-refractivity contribution in [3.8, 4) is 0 Å². The summed E-state index contributed by atoms with van der Waals surface area (Å²) in [5.74, 6) is 0. The van der Waals surface area contributed by atoms with E-state index >= 15 is 0 Å². The Hall–Kier alpha value is -0.870. The summed E-state index contributed by atoms with van der Waals surface area (Å²) in [6, 6.07) is 0. The second-order valence-electron chi connectivity index (χ2n) is 3.49. The third-order valence-corrected chi connectivity index (χ3v) is 2.55. The van der Waals surface area contributed by atoms with Crippen molar-refractivity contribution in [2.45, 2.75) is 25.4 Å². The topological polar surface area (TPSA) is 60.9 Å². The number of aliphatic hydroxyl groups is 1. The fraction of sp³-hybridized carbons (Fsp3) is 0.667. The van der Waals surface area contributed by atoms with Gasteiger partial charge in [0.05, 0.1) is 5.69 Å². The van der Waals surface area contributed by atoms with Gasteiger partial charge in [0.15, 0.2) is 0 Å². The quantitative estimate of drug-likeness (QED) is 0.622. The predicted octanol–water partition coefficient (Wildman–Crippen LogP) is 0.151. The first-order valence-corrected chi connectivity index (χ1v) is 4.71. The summed E-state index contributed by atoms with van der Waals surface area (Å²) in [7, 11) is 1.83. The Balaban J connectivity index is 2.20. The minimum absolute atomic E-state index is 0.469. The van der Waals surface area contributed by atoms with E-state index in [0.29, 0.717) is 6.54 Å². The zero-order chi connectivity index (χ0) is 9.26. The number of hydrogen-bond donors (Lipinski definition) is 3. The van der Waals surface area contributed by atoms with Gasteiger partial charge in [0.25, 0.3) is 0 Å². The molecular formula is C9H15N3O. The summed E-state index contributed by atoms with van der Waals surface area (Å²) in [6.07, 6.45) is 2.85. The fourth-order valence-electron chi connectivity index (χ4n) is 1.91. The van der Waals surface area contributed by atoms with Gasteiger partial charge in [-0.1, -0.05) is 0 Å². The summed E-state index contributed by atoms with van der Waals surface area (Å²) in [5.41, 5.74) is 3.29. The van der Waals surface area contributed by atoms with E-state index in [2.05, 4.69) is 15.5 Å². The molecule has 0 aromatic carbocycles. The first-order chi connectivity index (χ1) is 6.33. The smallest absolute Gasteiger partial charge is 0.110 e. The summed E-state index contributed by atoms with van der Waals surface area (Å²) in [4.78, 5) is 0. The SMILES string of the molecule is CNCC(O)c1n[nH]c2c1CCC2. The molecule has 0 spiro atoms. The molecule has 0 bridgehead atoms. The largest absolute Gasteiger partial charge is 0.385 e. The van der Waals surface area contributed by atoms with Crippen LogP contribution < -0.4 is 5.32 Å². The highest BCUT2D eigenvalue weighted by atomic mass is 16.3. The van der Waals surface area contributed by atoms with Crippen molar-refractivity contribution in [1.29, 1.82) is 0 Å². The van der Waals surface area contributed by atoms with E-state index in [0.717, 1.165) is 18.5 Å². The molecule has 1 atom stereocenters. The van der Waals surface area contributed by atoms with Crippen LogP contribution in [0.25, 0.3) is 0 Å². The number of fused-ring (bicyclic) bond motifs is 1. The van der Waals surface area contributed by atoms with Gasteiger partial charge in [-0.05, 0) is 31.9 Å². The van der Waals surface area contributed by atoms with Crippen LogP contribution in [-0.4, -0.2) is 28.9 Å². The maximum absolute atomic E-state index is 9.73. The molecule has 4 nitrogen and oxygen atoms in total. The minimum atomic E-state index is -0.469. The number of likely N-dealkylation sites (N-methyl/N-ethyl adjacent to an activating group) is 1. The number of aromatic amines is 1. The summed E-state index contributed by atoms with van der Waals surface area (Å²) < 4.78 is 0. The van der Waals surface area contributed by atoms with Crippen molar-refractivity contribution in [3.05, 3.63) is 17.0 Å². The molecule has 1 aliphatic carbocycles. The molecule has 13 heavy (non-hydrogen) atoms. The molecule has 0 radical (unpaired) electrons. The van der Waals surface area contributed by atoms with Gasteiger partial charge < -0.3 is 10.4 Å². The van der Waals surface area contributed by atoms with Crippen molar-refractivity contribution in [3.63, 3.8) is 0 Å². The number of aliphatic hydroxyl groups excluding tert-OH is 1.